The molecule has 2 aromatic carbocycles. The number of anilines is 1. The Morgan fingerprint density at radius 3 is 2.34 bits per heavy atom. The van der Waals surface area contributed by atoms with E-state index in [1.165, 1.54) is 54.9 Å². The lowest BCUT2D eigenvalue weighted by Gasteiger charge is -2.26. The van der Waals surface area contributed by atoms with E-state index in [2.05, 4.69) is 4.72 Å². The van der Waals surface area contributed by atoms with Crippen LogP contribution in [0.15, 0.2) is 46.2 Å². The smallest absolute Gasteiger partial charge is 0.338 e. The third kappa shape index (κ3) is 4.88. The number of morpholine rings is 1. The Morgan fingerprint density at radius 2 is 1.72 bits per heavy atom. The predicted molar refractivity (Wildman–Crippen MR) is 116 cm³/mol. The Balaban J connectivity index is 1.97. The molecule has 0 aliphatic carbocycles. The highest BCUT2D eigenvalue weighted by Gasteiger charge is 2.30. The molecule has 2 aromatic rings. The van der Waals surface area contributed by atoms with Crippen molar-refractivity contribution in [1.82, 2.24) is 4.31 Å². The molecule has 12 heteroatoms. The summed E-state index contributed by atoms with van der Waals surface area (Å²) in [5.74, 6) is -0.578. The van der Waals surface area contributed by atoms with Gasteiger partial charge in [0.2, 0.25) is 10.0 Å². The van der Waals surface area contributed by atoms with E-state index in [-0.39, 0.29) is 53.1 Å². The van der Waals surface area contributed by atoms with E-state index in [4.69, 9.17) is 14.2 Å². The number of sulfonamides is 2. The Labute approximate surface area is 187 Å². The number of nitrogens with one attached hydrogen (secondary N) is 1. The predicted octanol–water partition coefficient (Wildman–Crippen LogP) is 1.61. The van der Waals surface area contributed by atoms with Gasteiger partial charge in [0.25, 0.3) is 10.0 Å². The number of aryl methyl sites for hydroxylation is 1. The second kappa shape index (κ2) is 9.45. The van der Waals surface area contributed by atoms with Gasteiger partial charge in [-0.2, -0.15) is 4.31 Å². The summed E-state index contributed by atoms with van der Waals surface area (Å²) < 4.78 is 70.8. The van der Waals surface area contributed by atoms with Gasteiger partial charge in [-0.05, 0) is 42.8 Å². The molecule has 1 N–H and O–H groups in total. The highest BCUT2D eigenvalue weighted by molar-refractivity contribution is 7.92. The van der Waals surface area contributed by atoms with Crippen LogP contribution in [-0.2, 0) is 29.5 Å². The van der Waals surface area contributed by atoms with Gasteiger partial charge in [0, 0.05) is 13.1 Å². The molecule has 0 unspecified atom stereocenters. The monoisotopic (exact) mass is 484 g/mol. The number of hydrogen-bond acceptors (Lipinski definition) is 8. The molecule has 0 bridgehead atoms. The molecule has 10 nitrogen and oxygen atoms in total. The standard InChI is InChI=1S/C20H24N2O8S2/c1-14-4-6-16(13-17(14)20(23)29-3)31(24,25)21-15-5-7-18(28-2)19(12-15)32(26,27)22-8-10-30-11-9-22/h4-7,12-13,21H,8-11H2,1-3H3. The van der Waals surface area contributed by atoms with Crippen LogP contribution in [0.2, 0.25) is 0 Å². The molecule has 0 spiro atoms. The third-order valence-corrected chi connectivity index (χ3v) is 8.23. The maximum absolute atomic E-state index is 13.1. The second-order valence-corrected chi connectivity index (χ2v) is 10.5. The lowest BCUT2D eigenvalue weighted by Crippen LogP contribution is -2.40. The Bertz CT molecular complexity index is 1220. The van der Waals surface area contributed by atoms with Gasteiger partial charge < -0.3 is 14.2 Å². The van der Waals surface area contributed by atoms with Crippen molar-refractivity contribution in [3.63, 3.8) is 0 Å². The van der Waals surface area contributed by atoms with E-state index >= 15 is 0 Å². The van der Waals surface area contributed by atoms with Crippen LogP contribution >= 0.6 is 0 Å². The molecule has 174 valence electrons. The largest absolute Gasteiger partial charge is 0.495 e. The average Bonchev–Trinajstić information content (AvgIpc) is 2.79. The molecule has 1 aliphatic heterocycles. The van der Waals surface area contributed by atoms with Crippen molar-refractivity contribution >= 4 is 31.7 Å². The molecule has 32 heavy (non-hydrogen) atoms. The number of rotatable bonds is 7. The third-order valence-electron chi connectivity index (χ3n) is 4.93. The summed E-state index contributed by atoms with van der Waals surface area (Å²) in [4.78, 5) is 11.6. The van der Waals surface area contributed by atoms with Gasteiger partial charge in [-0.25, -0.2) is 21.6 Å². The van der Waals surface area contributed by atoms with E-state index < -0.39 is 26.0 Å². The van der Waals surface area contributed by atoms with Crippen LogP contribution in [0.3, 0.4) is 0 Å². The summed E-state index contributed by atoms with van der Waals surface area (Å²) in [6.07, 6.45) is 0. The minimum absolute atomic E-state index is 0.0258. The van der Waals surface area contributed by atoms with Crippen molar-refractivity contribution in [2.75, 3.05) is 45.2 Å². The quantitative estimate of drug-likeness (QED) is 0.587. The van der Waals surface area contributed by atoms with Gasteiger partial charge >= 0.3 is 5.97 Å². The zero-order valence-corrected chi connectivity index (χ0v) is 19.5. The molecule has 1 fully saturated rings. The summed E-state index contributed by atoms with van der Waals surface area (Å²) in [6, 6.07) is 8.02. The first kappa shape index (κ1) is 24.0. The SMILES string of the molecule is COC(=O)c1cc(S(=O)(=O)Nc2ccc(OC)c(S(=O)(=O)N3CCOCC3)c2)ccc1C. The highest BCUT2D eigenvalue weighted by Crippen LogP contribution is 2.31. The first-order chi connectivity index (χ1) is 15.1. The van der Waals surface area contributed by atoms with Gasteiger partial charge in [-0.1, -0.05) is 6.07 Å². The molecule has 1 saturated heterocycles. The molecule has 0 atom stereocenters. The van der Waals surface area contributed by atoms with Crippen LogP contribution in [0.1, 0.15) is 15.9 Å². The number of nitrogens with zero attached hydrogens (tertiary/aromatic N) is 1. The number of carbonyl (C=O) groups excluding carboxylic acids is 1. The van der Waals surface area contributed by atoms with Gasteiger partial charge in [0.15, 0.2) is 0 Å². The number of hydrogen-bond donors (Lipinski definition) is 1. The summed E-state index contributed by atoms with van der Waals surface area (Å²) in [5.41, 5.74) is 0.692. The van der Waals surface area contributed by atoms with Crippen LogP contribution in [-0.4, -0.2) is 67.6 Å². The molecular formula is C20H24N2O8S2. The molecule has 3 rings (SSSR count). The topological polar surface area (TPSA) is 128 Å². The van der Waals surface area contributed by atoms with Crippen molar-refractivity contribution in [2.24, 2.45) is 0 Å². The van der Waals surface area contributed by atoms with E-state index in [0.717, 1.165) is 0 Å². The molecule has 0 amide bonds. The van der Waals surface area contributed by atoms with Gasteiger partial charge in [0.1, 0.15) is 10.6 Å². The number of ether oxygens (including phenoxy) is 3. The molecule has 1 aliphatic rings. The Kier molecular flexibility index (Phi) is 7.08. The minimum atomic E-state index is -4.13. The highest BCUT2D eigenvalue weighted by atomic mass is 32.2. The Hall–Kier alpha value is -2.67. The number of methoxy groups -OCH3 is 2. The van der Waals surface area contributed by atoms with E-state index in [1.807, 2.05) is 0 Å². The van der Waals surface area contributed by atoms with E-state index in [9.17, 15) is 21.6 Å². The fraction of sp³-hybridized carbons (Fsp3) is 0.350. The van der Waals surface area contributed by atoms with E-state index in [0.29, 0.717) is 5.56 Å². The summed E-state index contributed by atoms with van der Waals surface area (Å²) in [7, 11) is -5.54. The van der Waals surface area contributed by atoms with Crippen LogP contribution < -0.4 is 9.46 Å². The van der Waals surface area contributed by atoms with Crippen molar-refractivity contribution < 1.29 is 35.8 Å². The zero-order chi connectivity index (χ0) is 23.5. The fourth-order valence-corrected chi connectivity index (χ4v) is 5.84. The molecule has 0 aromatic heterocycles. The van der Waals surface area contributed by atoms with Crippen molar-refractivity contribution in [2.45, 2.75) is 16.7 Å². The number of benzene rings is 2. The van der Waals surface area contributed by atoms with Gasteiger partial charge in [-0.3, -0.25) is 4.72 Å². The normalized spacial score (nSPS) is 15.2. The fourth-order valence-electron chi connectivity index (χ4n) is 3.18. The molecule has 0 radical (unpaired) electrons. The number of esters is 1. The lowest BCUT2D eigenvalue weighted by molar-refractivity contribution is 0.0599. The van der Waals surface area contributed by atoms with Gasteiger partial charge in [0.05, 0.1) is 43.6 Å². The van der Waals surface area contributed by atoms with Crippen LogP contribution in [0.25, 0.3) is 0 Å². The van der Waals surface area contributed by atoms with Crippen molar-refractivity contribution in [3.8, 4) is 5.75 Å². The first-order valence-corrected chi connectivity index (χ1v) is 12.5. The van der Waals surface area contributed by atoms with Crippen molar-refractivity contribution in [3.05, 3.63) is 47.5 Å². The molecule has 0 saturated carbocycles. The first-order valence-electron chi connectivity index (χ1n) is 9.58. The summed E-state index contributed by atoms with van der Waals surface area (Å²) >= 11 is 0. The van der Waals surface area contributed by atoms with Gasteiger partial charge in [-0.15, -0.1) is 0 Å². The lowest BCUT2D eigenvalue weighted by atomic mass is 10.1. The van der Waals surface area contributed by atoms with Crippen LogP contribution in [0.4, 0.5) is 5.69 Å². The molecule has 1 heterocycles. The minimum Gasteiger partial charge on any atom is -0.495 e. The van der Waals surface area contributed by atoms with E-state index in [1.54, 1.807) is 6.92 Å². The molecular weight excluding hydrogens is 460 g/mol. The van der Waals surface area contributed by atoms with Crippen molar-refractivity contribution in [1.29, 1.82) is 0 Å². The Morgan fingerprint density at radius 1 is 1.03 bits per heavy atom. The number of carbonyl (C=O) groups is 1. The summed E-state index contributed by atoms with van der Waals surface area (Å²) in [6.45, 7) is 2.55. The maximum Gasteiger partial charge on any atom is 0.338 e. The maximum atomic E-state index is 13.1. The summed E-state index contributed by atoms with van der Waals surface area (Å²) in [5, 5.41) is 0. The average molecular weight is 485 g/mol. The zero-order valence-electron chi connectivity index (χ0n) is 17.8. The second-order valence-electron chi connectivity index (χ2n) is 6.96. The van der Waals surface area contributed by atoms with Crippen LogP contribution in [0, 0.1) is 6.92 Å². The van der Waals surface area contributed by atoms with Crippen LogP contribution in [0.5, 0.6) is 5.75 Å².